The Labute approximate surface area is 138 Å². The fraction of sp³-hybridized carbons (Fsp3) is 0.600. The van der Waals surface area contributed by atoms with E-state index in [0.717, 1.165) is 5.56 Å². The molecule has 8 heteroatoms. The van der Waals surface area contributed by atoms with Crippen molar-refractivity contribution in [3.05, 3.63) is 23.8 Å². The molecule has 1 saturated heterocycles. The molecule has 1 aliphatic heterocycles. The number of piperidine rings is 1. The normalized spacial score (nSPS) is 18.0. The fourth-order valence-corrected chi connectivity index (χ4v) is 5.37. The summed E-state index contributed by atoms with van der Waals surface area (Å²) in [4.78, 5) is 0.219. The second-order valence-electron chi connectivity index (χ2n) is 5.79. The smallest absolute Gasteiger partial charge is 0.243 e. The van der Waals surface area contributed by atoms with Crippen molar-refractivity contribution in [1.29, 1.82) is 0 Å². The minimum atomic E-state index is -3.60. The number of sulfone groups is 1. The summed E-state index contributed by atoms with van der Waals surface area (Å²) in [5.74, 6) is 0.669. The highest BCUT2D eigenvalue weighted by molar-refractivity contribution is 7.91. The van der Waals surface area contributed by atoms with Crippen molar-refractivity contribution in [2.75, 3.05) is 26.0 Å². The van der Waals surface area contributed by atoms with Crippen LogP contribution in [0.1, 0.15) is 25.3 Å². The molecule has 130 valence electrons. The van der Waals surface area contributed by atoms with Crippen LogP contribution in [0, 0.1) is 6.92 Å². The Hall–Kier alpha value is -1.12. The van der Waals surface area contributed by atoms with Crippen LogP contribution in [0.2, 0.25) is 0 Å². The van der Waals surface area contributed by atoms with Gasteiger partial charge in [-0.25, -0.2) is 16.8 Å². The second kappa shape index (κ2) is 6.78. The molecule has 0 atom stereocenters. The van der Waals surface area contributed by atoms with Crippen LogP contribution in [0.4, 0.5) is 0 Å². The third-order valence-corrected chi connectivity index (χ3v) is 7.67. The minimum absolute atomic E-state index is 0.219. The van der Waals surface area contributed by atoms with Crippen LogP contribution in [0.15, 0.2) is 23.1 Å². The molecule has 23 heavy (non-hydrogen) atoms. The van der Waals surface area contributed by atoms with Gasteiger partial charge in [0, 0.05) is 19.3 Å². The molecule has 0 amide bonds. The van der Waals surface area contributed by atoms with Crippen molar-refractivity contribution in [2.45, 2.75) is 36.8 Å². The van der Waals surface area contributed by atoms with Gasteiger partial charge in [0.15, 0.2) is 0 Å². The molecule has 2 rings (SSSR count). The number of aryl methyl sites for hydroxylation is 1. The lowest BCUT2D eigenvalue weighted by molar-refractivity contribution is 0.337. The van der Waals surface area contributed by atoms with E-state index in [1.807, 2.05) is 6.92 Å². The predicted molar refractivity (Wildman–Crippen MR) is 89.0 cm³/mol. The van der Waals surface area contributed by atoms with Crippen LogP contribution in [-0.2, 0) is 19.9 Å². The first kappa shape index (κ1) is 18.2. The summed E-state index contributed by atoms with van der Waals surface area (Å²) in [5, 5.41) is -0.448. The molecule has 0 saturated carbocycles. The van der Waals surface area contributed by atoms with Crippen LogP contribution in [0.3, 0.4) is 0 Å². The molecule has 0 radical (unpaired) electrons. The summed E-state index contributed by atoms with van der Waals surface area (Å²) in [6.07, 6.45) is 1.89. The van der Waals surface area contributed by atoms with Crippen molar-refractivity contribution in [2.24, 2.45) is 0 Å². The van der Waals surface area contributed by atoms with Gasteiger partial charge in [-0.1, -0.05) is 0 Å². The van der Waals surface area contributed by atoms with E-state index in [4.69, 9.17) is 4.74 Å². The van der Waals surface area contributed by atoms with Gasteiger partial charge in [-0.3, -0.25) is 0 Å². The lowest BCUT2D eigenvalue weighted by atomic mass is 10.2. The molecule has 6 nitrogen and oxygen atoms in total. The van der Waals surface area contributed by atoms with Crippen LogP contribution in [-0.4, -0.2) is 52.3 Å². The summed E-state index contributed by atoms with van der Waals surface area (Å²) in [6.45, 7) is 4.65. The minimum Gasteiger partial charge on any atom is -0.494 e. The first-order valence-electron chi connectivity index (χ1n) is 7.58. The zero-order valence-electron chi connectivity index (χ0n) is 13.6. The van der Waals surface area contributed by atoms with Gasteiger partial charge in [0.05, 0.1) is 16.8 Å². The number of ether oxygens (including phenoxy) is 1. The van der Waals surface area contributed by atoms with Gasteiger partial charge < -0.3 is 4.74 Å². The van der Waals surface area contributed by atoms with E-state index in [-0.39, 0.29) is 18.0 Å². The number of nitrogens with zero attached hydrogens (tertiary/aromatic N) is 1. The van der Waals surface area contributed by atoms with E-state index >= 15 is 0 Å². The lowest BCUT2D eigenvalue weighted by Crippen LogP contribution is -2.42. The highest BCUT2D eigenvalue weighted by atomic mass is 32.2. The maximum absolute atomic E-state index is 12.7. The lowest BCUT2D eigenvalue weighted by Gasteiger charge is -2.30. The van der Waals surface area contributed by atoms with Gasteiger partial charge in [-0.05, 0) is 50.5 Å². The Morgan fingerprint density at radius 1 is 1.17 bits per heavy atom. The van der Waals surface area contributed by atoms with Gasteiger partial charge in [-0.15, -0.1) is 0 Å². The van der Waals surface area contributed by atoms with E-state index in [0.29, 0.717) is 25.2 Å². The number of benzene rings is 1. The van der Waals surface area contributed by atoms with Crippen LogP contribution >= 0.6 is 0 Å². The third kappa shape index (κ3) is 4.05. The van der Waals surface area contributed by atoms with Gasteiger partial charge in [0.25, 0.3) is 0 Å². The summed E-state index contributed by atoms with van der Waals surface area (Å²) >= 11 is 0. The quantitative estimate of drug-likeness (QED) is 0.796. The molecular formula is C15H23NO5S2. The molecule has 0 unspecified atom stereocenters. The highest BCUT2D eigenvalue weighted by Gasteiger charge is 2.33. The number of hydrogen-bond donors (Lipinski definition) is 0. The van der Waals surface area contributed by atoms with Crippen molar-refractivity contribution in [1.82, 2.24) is 4.31 Å². The van der Waals surface area contributed by atoms with Crippen molar-refractivity contribution >= 4 is 19.9 Å². The molecule has 1 aromatic carbocycles. The molecule has 1 aliphatic rings. The monoisotopic (exact) mass is 361 g/mol. The summed E-state index contributed by atoms with van der Waals surface area (Å²) in [6, 6.07) is 4.80. The predicted octanol–water partition coefficient (Wildman–Crippen LogP) is 1.59. The Balaban J connectivity index is 2.18. The molecular weight excluding hydrogens is 338 g/mol. The molecule has 1 heterocycles. The maximum Gasteiger partial charge on any atom is 0.243 e. The maximum atomic E-state index is 12.7. The van der Waals surface area contributed by atoms with Crippen molar-refractivity contribution in [3.8, 4) is 5.75 Å². The number of hydrogen-bond acceptors (Lipinski definition) is 5. The van der Waals surface area contributed by atoms with Crippen molar-refractivity contribution < 1.29 is 21.6 Å². The average Bonchev–Trinajstić information content (AvgIpc) is 2.48. The molecule has 0 aliphatic carbocycles. The molecule has 0 bridgehead atoms. The zero-order chi connectivity index (χ0) is 17.3. The Bertz CT molecular complexity index is 763. The van der Waals surface area contributed by atoms with E-state index in [1.165, 1.54) is 16.6 Å². The largest absolute Gasteiger partial charge is 0.494 e. The second-order valence-corrected chi connectivity index (χ2v) is 10.1. The van der Waals surface area contributed by atoms with Crippen molar-refractivity contribution in [3.63, 3.8) is 0 Å². The standard InChI is InChI=1S/C15H23NO5S2/c1-4-21-15-6-5-14(11-12(15)2)23(19,20)16-9-7-13(8-10-16)22(3,17)18/h5-6,11,13H,4,7-10H2,1-3H3. The first-order valence-corrected chi connectivity index (χ1v) is 11.0. The SMILES string of the molecule is CCOc1ccc(S(=O)(=O)N2CCC(S(C)(=O)=O)CC2)cc1C. The Morgan fingerprint density at radius 2 is 1.78 bits per heavy atom. The number of sulfonamides is 1. The highest BCUT2D eigenvalue weighted by Crippen LogP contribution is 2.27. The van der Waals surface area contributed by atoms with E-state index < -0.39 is 25.1 Å². The van der Waals surface area contributed by atoms with Crippen LogP contribution in [0.5, 0.6) is 5.75 Å². The fourth-order valence-electron chi connectivity index (χ4n) is 2.75. The molecule has 0 N–H and O–H groups in total. The van der Waals surface area contributed by atoms with Gasteiger partial charge in [-0.2, -0.15) is 4.31 Å². The Morgan fingerprint density at radius 3 is 2.26 bits per heavy atom. The Kier molecular flexibility index (Phi) is 5.37. The van der Waals surface area contributed by atoms with E-state index in [1.54, 1.807) is 19.1 Å². The average molecular weight is 361 g/mol. The molecule has 1 aromatic rings. The zero-order valence-corrected chi connectivity index (χ0v) is 15.3. The van der Waals surface area contributed by atoms with E-state index in [2.05, 4.69) is 0 Å². The first-order chi connectivity index (χ1) is 10.7. The van der Waals surface area contributed by atoms with Gasteiger partial charge in [0.1, 0.15) is 15.6 Å². The third-order valence-electron chi connectivity index (χ3n) is 4.09. The molecule has 0 aromatic heterocycles. The number of rotatable bonds is 5. The van der Waals surface area contributed by atoms with Gasteiger partial charge >= 0.3 is 0 Å². The molecule has 1 fully saturated rings. The van der Waals surface area contributed by atoms with Crippen LogP contribution < -0.4 is 4.74 Å². The van der Waals surface area contributed by atoms with E-state index in [9.17, 15) is 16.8 Å². The van der Waals surface area contributed by atoms with Gasteiger partial charge in [0.2, 0.25) is 10.0 Å². The summed E-state index contributed by atoms with van der Waals surface area (Å²) in [7, 11) is -6.72. The van der Waals surface area contributed by atoms with Crippen LogP contribution in [0.25, 0.3) is 0 Å². The summed E-state index contributed by atoms with van der Waals surface area (Å²) < 4.78 is 55.3. The summed E-state index contributed by atoms with van der Waals surface area (Å²) in [5.41, 5.74) is 0.763. The topological polar surface area (TPSA) is 80.8 Å². The molecule has 0 spiro atoms.